The average Bonchev–Trinajstić information content (AvgIpc) is 2.47. The number of hydrogen-bond donors (Lipinski definition) is 1. The molecule has 12 heavy (non-hydrogen) atoms. The van der Waals surface area contributed by atoms with Crippen molar-refractivity contribution in [1.82, 2.24) is 0 Å². The van der Waals surface area contributed by atoms with Crippen LogP contribution in [0.5, 0.6) is 0 Å². The molecule has 2 aliphatic rings. The number of carbonyl (C=O) groups is 1. The van der Waals surface area contributed by atoms with Crippen LogP contribution < -0.4 is 5.73 Å². The number of nitrogens with two attached hydrogens (primary N) is 1. The first kappa shape index (κ1) is 7.92. The fourth-order valence-corrected chi connectivity index (χ4v) is 3.15. The molecule has 1 saturated heterocycles. The molecule has 0 saturated carbocycles. The Labute approximate surface area is 75.9 Å². The van der Waals surface area contributed by atoms with Gasteiger partial charge in [-0.2, -0.15) is 0 Å². The highest BCUT2D eigenvalue weighted by Gasteiger charge is 2.35. The molecule has 0 aromatic heterocycles. The van der Waals surface area contributed by atoms with Gasteiger partial charge in [-0.3, -0.25) is 4.79 Å². The lowest BCUT2D eigenvalue weighted by molar-refractivity contribution is -0.122. The molecule has 1 fully saturated rings. The summed E-state index contributed by atoms with van der Waals surface area (Å²) in [5.41, 5.74) is 5.30. The van der Waals surface area contributed by atoms with Gasteiger partial charge in [0.1, 0.15) is 0 Å². The molecule has 1 heterocycles. The van der Waals surface area contributed by atoms with E-state index in [0.717, 1.165) is 12.2 Å². The van der Waals surface area contributed by atoms with Gasteiger partial charge in [0.05, 0.1) is 5.92 Å². The first-order valence-electron chi connectivity index (χ1n) is 4.08. The number of fused-ring (bicyclic) bond motifs is 1. The normalized spacial score (nSPS) is 32.8. The molecule has 2 nitrogen and oxygen atoms in total. The smallest absolute Gasteiger partial charge is 0.222 e. The van der Waals surface area contributed by atoms with Gasteiger partial charge in [0.15, 0.2) is 0 Å². The molecule has 2 atom stereocenters. The predicted octanol–water partition coefficient (Wildman–Crippen LogP) is 1.29. The summed E-state index contributed by atoms with van der Waals surface area (Å²) in [6.45, 7) is 0. The van der Waals surface area contributed by atoms with Crippen molar-refractivity contribution in [3.8, 4) is 0 Å². The van der Waals surface area contributed by atoms with E-state index in [1.54, 1.807) is 11.8 Å². The number of amides is 1. The van der Waals surface area contributed by atoms with Gasteiger partial charge in [0.25, 0.3) is 0 Å². The first-order chi connectivity index (χ1) is 5.79. The van der Waals surface area contributed by atoms with E-state index < -0.39 is 0 Å². The van der Waals surface area contributed by atoms with Crippen LogP contribution in [0.1, 0.15) is 6.42 Å². The second-order valence-electron chi connectivity index (χ2n) is 3.16. The van der Waals surface area contributed by atoms with E-state index in [4.69, 9.17) is 5.73 Å². The van der Waals surface area contributed by atoms with Gasteiger partial charge in [-0.1, -0.05) is 18.2 Å². The minimum Gasteiger partial charge on any atom is -0.369 e. The molecular weight excluding hydrogens is 170 g/mol. The van der Waals surface area contributed by atoms with Gasteiger partial charge in [0.2, 0.25) is 5.91 Å². The van der Waals surface area contributed by atoms with Crippen LogP contribution >= 0.6 is 11.8 Å². The number of carbonyl (C=O) groups excluding carboxylic acids is 1. The zero-order valence-electron chi connectivity index (χ0n) is 6.69. The Morgan fingerprint density at radius 2 is 2.50 bits per heavy atom. The summed E-state index contributed by atoms with van der Waals surface area (Å²) in [7, 11) is 0. The van der Waals surface area contributed by atoms with E-state index in [9.17, 15) is 4.79 Å². The number of allylic oxidation sites excluding steroid dienone is 4. The summed E-state index contributed by atoms with van der Waals surface area (Å²) in [6.07, 6.45) is 7.24. The largest absolute Gasteiger partial charge is 0.369 e. The molecule has 0 aromatic carbocycles. The highest BCUT2D eigenvalue weighted by atomic mass is 32.2. The SMILES string of the molecule is NC(=O)C1CSC2=CC=CCC21. The van der Waals surface area contributed by atoms with Crippen LogP contribution in [-0.4, -0.2) is 11.7 Å². The van der Waals surface area contributed by atoms with Crippen molar-refractivity contribution in [3.05, 3.63) is 23.1 Å². The Balaban J connectivity index is 2.20. The lowest BCUT2D eigenvalue weighted by atomic mass is 9.88. The van der Waals surface area contributed by atoms with Crippen LogP contribution in [0.2, 0.25) is 0 Å². The minimum absolute atomic E-state index is 0.0613. The fourth-order valence-electron chi connectivity index (χ4n) is 1.73. The van der Waals surface area contributed by atoms with E-state index >= 15 is 0 Å². The summed E-state index contributed by atoms with van der Waals surface area (Å²) >= 11 is 1.77. The molecule has 0 aromatic rings. The Hall–Kier alpha value is -0.700. The first-order valence-corrected chi connectivity index (χ1v) is 5.06. The van der Waals surface area contributed by atoms with Gasteiger partial charge in [-0.15, -0.1) is 11.8 Å². The summed E-state index contributed by atoms with van der Waals surface area (Å²) in [5.74, 6) is 1.17. The quantitative estimate of drug-likeness (QED) is 0.662. The number of rotatable bonds is 1. The van der Waals surface area contributed by atoms with Crippen LogP contribution in [0.4, 0.5) is 0 Å². The third-order valence-corrected chi connectivity index (χ3v) is 3.73. The van der Waals surface area contributed by atoms with E-state index in [0.29, 0.717) is 5.92 Å². The zero-order chi connectivity index (χ0) is 8.55. The maximum atomic E-state index is 11.0. The summed E-state index contributed by atoms with van der Waals surface area (Å²) in [4.78, 5) is 12.3. The highest BCUT2D eigenvalue weighted by Crippen LogP contribution is 2.43. The molecule has 2 N–H and O–H groups in total. The van der Waals surface area contributed by atoms with Crippen LogP contribution in [0.15, 0.2) is 23.1 Å². The van der Waals surface area contributed by atoms with E-state index in [2.05, 4.69) is 18.2 Å². The summed E-state index contributed by atoms with van der Waals surface area (Å²) < 4.78 is 0. The van der Waals surface area contributed by atoms with Gasteiger partial charge in [-0.05, 0) is 11.3 Å². The van der Waals surface area contributed by atoms with Gasteiger partial charge in [0, 0.05) is 11.7 Å². The molecule has 64 valence electrons. The molecule has 0 radical (unpaired) electrons. The van der Waals surface area contributed by atoms with Crippen molar-refractivity contribution in [1.29, 1.82) is 0 Å². The molecule has 2 unspecified atom stereocenters. The molecule has 3 heteroatoms. The second kappa shape index (κ2) is 2.98. The van der Waals surface area contributed by atoms with Crippen molar-refractivity contribution in [2.45, 2.75) is 6.42 Å². The Kier molecular flexibility index (Phi) is 1.97. The van der Waals surface area contributed by atoms with E-state index in [-0.39, 0.29) is 11.8 Å². The maximum absolute atomic E-state index is 11.0. The maximum Gasteiger partial charge on any atom is 0.222 e. The van der Waals surface area contributed by atoms with E-state index in [1.807, 2.05) is 0 Å². The molecule has 0 spiro atoms. The van der Waals surface area contributed by atoms with Gasteiger partial charge < -0.3 is 5.73 Å². The molecule has 2 rings (SSSR count). The molecule has 1 aliphatic heterocycles. The number of thioether (sulfide) groups is 1. The standard InChI is InChI=1S/C9H11NOS/c10-9(11)7-5-12-8-4-2-1-3-6(7)8/h1-2,4,6-7H,3,5H2,(H2,10,11). The van der Waals surface area contributed by atoms with Crippen molar-refractivity contribution >= 4 is 17.7 Å². The van der Waals surface area contributed by atoms with Crippen LogP contribution in [-0.2, 0) is 4.79 Å². The van der Waals surface area contributed by atoms with Crippen LogP contribution in [0.3, 0.4) is 0 Å². The average molecular weight is 181 g/mol. The third-order valence-electron chi connectivity index (χ3n) is 2.43. The highest BCUT2D eigenvalue weighted by molar-refractivity contribution is 8.03. The van der Waals surface area contributed by atoms with Crippen molar-refractivity contribution in [2.24, 2.45) is 17.6 Å². The van der Waals surface area contributed by atoms with Gasteiger partial charge >= 0.3 is 0 Å². The Morgan fingerprint density at radius 1 is 1.67 bits per heavy atom. The minimum atomic E-state index is -0.147. The molecular formula is C9H11NOS. The molecule has 1 aliphatic carbocycles. The second-order valence-corrected chi connectivity index (χ2v) is 4.25. The topological polar surface area (TPSA) is 43.1 Å². The molecule has 0 bridgehead atoms. The lowest BCUT2D eigenvalue weighted by Gasteiger charge is -2.16. The van der Waals surface area contributed by atoms with Crippen molar-refractivity contribution < 1.29 is 4.79 Å². The Morgan fingerprint density at radius 3 is 3.25 bits per heavy atom. The predicted molar refractivity (Wildman–Crippen MR) is 50.5 cm³/mol. The van der Waals surface area contributed by atoms with Crippen LogP contribution in [0.25, 0.3) is 0 Å². The van der Waals surface area contributed by atoms with Gasteiger partial charge in [-0.25, -0.2) is 0 Å². The summed E-state index contributed by atoms with van der Waals surface area (Å²) in [6, 6.07) is 0. The summed E-state index contributed by atoms with van der Waals surface area (Å²) in [5, 5.41) is 0. The lowest BCUT2D eigenvalue weighted by Crippen LogP contribution is -2.28. The third kappa shape index (κ3) is 1.18. The fraction of sp³-hybridized carbons (Fsp3) is 0.444. The zero-order valence-corrected chi connectivity index (χ0v) is 7.51. The van der Waals surface area contributed by atoms with Crippen LogP contribution in [0, 0.1) is 11.8 Å². The number of hydrogen-bond acceptors (Lipinski definition) is 2. The number of primary amides is 1. The van der Waals surface area contributed by atoms with Crippen molar-refractivity contribution in [2.75, 3.05) is 5.75 Å². The molecule has 1 amide bonds. The van der Waals surface area contributed by atoms with Crippen molar-refractivity contribution in [3.63, 3.8) is 0 Å². The monoisotopic (exact) mass is 181 g/mol. The Bertz CT molecular complexity index is 270. The van der Waals surface area contributed by atoms with E-state index in [1.165, 1.54) is 4.91 Å².